The Bertz CT molecular complexity index is 394. The fourth-order valence-corrected chi connectivity index (χ4v) is 0.678. The van der Waals surface area contributed by atoms with E-state index in [1.807, 2.05) is 12.1 Å². The summed E-state index contributed by atoms with van der Waals surface area (Å²) in [4.78, 5) is 0. The maximum Gasteiger partial charge on any atom is 0.101 e. The summed E-state index contributed by atoms with van der Waals surface area (Å²) in [7, 11) is 0. The topological polar surface area (TPSA) is 71.4 Å². The number of allylic oxidation sites excluding steroid dienone is 1. The minimum atomic E-state index is 0.435. The predicted octanol–water partition coefficient (Wildman–Crippen LogP) is 2.13. The molecule has 0 spiro atoms. The minimum absolute atomic E-state index is 0.435. The first-order chi connectivity index (χ1) is 6.79. The van der Waals surface area contributed by atoms with Gasteiger partial charge in [0.15, 0.2) is 0 Å². The molecule has 0 heterocycles. The first kappa shape index (κ1) is 11.4. The summed E-state index contributed by atoms with van der Waals surface area (Å²) in [5.41, 5.74) is 0.870. The molecule has 0 aliphatic carbocycles. The number of nitriles is 3. The van der Waals surface area contributed by atoms with Crippen molar-refractivity contribution in [2.45, 2.75) is 0 Å². The molecule has 0 aliphatic heterocycles. The number of benzene rings is 1. The molecule has 1 rings (SSSR count). The number of nitrogens with zero attached hydrogens (tertiary/aromatic N) is 3. The van der Waals surface area contributed by atoms with Crippen LogP contribution in [0.15, 0.2) is 36.9 Å². The van der Waals surface area contributed by atoms with E-state index in [1.54, 1.807) is 30.3 Å². The van der Waals surface area contributed by atoms with E-state index in [1.165, 1.54) is 6.08 Å². The Morgan fingerprint density at radius 2 is 1.36 bits per heavy atom. The Morgan fingerprint density at radius 3 is 1.57 bits per heavy atom. The fourth-order valence-electron chi connectivity index (χ4n) is 0.678. The average Bonchev–Trinajstić information content (AvgIpc) is 2.29. The van der Waals surface area contributed by atoms with Crippen molar-refractivity contribution in [3.05, 3.63) is 48.0 Å². The van der Waals surface area contributed by atoms with Crippen molar-refractivity contribution < 1.29 is 0 Å². The van der Waals surface area contributed by atoms with Gasteiger partial charge in [-0.25, -0.2) is 0 Å². The molecule has 14 heavy (non-hydrogen) atoms. The molecule has 0 atom stereocenters. The second kappa shape index (κ2) is 7.10. The van der Waals surface area contributed by atoms with Crippen LogP contribution in [0.5, 0.6) is 0 Å². The summed E-state index contributed by atoms with van der Waals surface area (Å²) >= 11 is 0. The zero-order valence-corrected chi connectivity index (χ0v) is 7.44. The fraction of sp³-hybridized carbons (Fsp3) is 0. The third-order valence-corrected chi connectivity index (χ3v) is 1.26. The highest BCUT2D eigenvalue weighted by Gasteiger charge is 1.95. The molecule has 0 N–H and O–H groups in total. The lowest BCUT2D eigenvalue weighted by Crippen LogP contribution is -1.79. The maximum atomic E-state index is 8.45. The van der Waals surface area contributed by atoms with E-state index < -0.39 is 0 Å². The van der Waals surface area contributed by atoms with Crippen LogP contribution in [0.25, 0.3) is 0 Å². The van der Waals surface area contributed by atoms with Crippen molar-refractivity contribution in [1.82, 2.24) is 0 Å². The van der Waals surface area contributed by atoms with Gasteiger partial charge in [0, 0.05) is 6.08 Å². The van der Waals surface area contributed by atoms with Crippen LogP contribution in [0.3, 0.4) is 0 Å². The molecule has 0 radical (unpaired) electrons. The van der Waals surface area contributed by atoms with Crippen LogP contribution in [0.2, 0.25) is 0 Å². The van der Waals surface area contributed by atoms with E-state index in [9.17, 15) is 0 Å². The van der Waals surface area contributed by atoms with Crippen LogP contribution in [0, 0.1) is 34.0 Å². The van der Waals surface area contributed by atoms with Crippen LogP contribution in [-0.2, 0) is 0 Å². The second-order valence-corrected chi connectivity index (χ2v) is 2.10. The second-order valence-electron chi connectivity index (χ2n) is 2.10. The van der Waals surface area contributed by atoms with Crippen LogP contribution in [0.4, 0.5) is 0 Å². The van der Waals surface area contributed by atoms with E-state index in [-0.39, 0.29) is 0 Å². The summed E-state index contributed by atoms with van der Waals surface area (Å²) in [5, 5.41) is 24.4. The summed E-state index contributed by atoms with van der Waals surface area (Å²) in [5.74, 6) is 0. The molecule has 0 saturated carbocycles. The van der Waals surface area contributed by atoms with E-state index in [2.05, 4.69) is 6.58 Å². The van der Waals surface area contributed by atoms with Crippen LogP contribution >= 0.6 is 0 Å². The molecule has 3 nitrogen and oxygen atoms in total. The van der Waals surface area contributed by atoms with Gasteiger partial charge in [0.1, 0.15) is 12.1 Å². The molecule has 1 aromatic carbocycles. The van der Waals surface area contributed by atoms with Crippen LogP contribution < -0.4 is 0 Å². The summed E-state index contributed by atoms with van der Waals surface area (Å²) < 4.78 is 0. The van der Waals surface area contributed by atoms with Gasteiger partial charge in [0.05, 0.1) is 17.2 Å². The Kier molecular flexibility index (Phi) is 5.80. The molecule has 0 saturated heterocycles. The van der Waals surface area contributed by atoms with Gasteiger partial charge >= 0.3 is 0 Å². The third kappa shape index (κ3) is 3.72. The Labute approximate surface area is 82.8 Å². The molecule has 0 bridgehead atoms. The van der Waals surface area contributed by atoms with Gasteiger partial charge in [0.2, 0.25) is 0 Å². The van der Waals surface area contributed by atoms with Crippen molar-refractivity contribution in [2.24, 2.45) is 0 Å². The maximum absolute atomic E-state index is 8.45. The lowest BCUT2D eigenvalue weighted by atomic mass is 10.1. The SMILES string of the molecule is C=CC#N.N#Cc1ccccc1C#N. The van der Waals surface area contributed by atoms with Gasteiger partial charge in [-0.05, 0) is 12.1 Å². The number of hydrogen-bond acceptors (Lipinski definition) is 3. The van der Waals surface area contributed by atoms with Crippen molar-refractivity contribution in [3.63, 3.8) is 0 Å². The van der Waals surface area contributed by atoms with Crippen molar-refractivity contribution in [2.75, 3.05) is 0 Å². The van der Waals surface area contributed by atoms with E-state index in [0.29, 0.717) is 11.1 Å². The molecule has 3 heteroatoms. The summed E-state index contributed by atoms with van der Waals surface area (Å²) in [6.45, 7) is 3.12. The summed E-state index contributed by atoms with van der Waals surface area (Å²) in [6, 6.07) is 12.3. The van der Waals surface area contributed by atoms with Gasteiger partial charge in [0.25, 0.3) is 0 Å². The lowest BCUT2D eigenvalue weighted by Gasteiger charge is -1.88. The highest BCUT2D eigenvalue weighted by atomic mass is 14.3. The lowest BCUT2D eigenvalue weighted by molar-refractivity contribution is 1.43. The molecular formula is C11H7N3. The normalized spacial score (nSPS) is 6.64. The molecule has 0 fully saturated rings. The van der Waals surface area contributed by atoms with E-state index in [4.69, 9.17) is 15.8 Å². The number of rotatable bonds is 0. The highest BCUT2D eigenvalue weighted by molar-refractivity contribution is 5.44. The number of hydrogen-bond donors (Lipinski definition) is 0. The van der Waals surface area contributed by atoms with Crippen molar-refractivity contribution in [1.29, 1.82) is 15.8 Å². The summed E-state index contributed by atoms with van der Waals surface area (Å²) in [6.07, 6.45) is 1.18. The monoisotopic (exact) mass is 181 g/mol. The Balaban J connectivity index is 0.000000364. The molecule has 1 aromatic rings. The van der Waals surface area contributed by atoms with Gasteiger partial charge in [-0.15, -0.1) is 0 Å². The van der Waals surface area contributed by atoms with Gasteiger partial charge < -0.3 is 0 Å². The zero-order chi connectivity index (χ0) is 10.8. The Morgan fingerprint density at radius 1 is 1.00 bits per heavy atom. The van der Waals surface area contributed by atoms with E-state index in [0.717, 1.165) is 0 Å². The van der Waals surface area contributed by atoms with Crippen LogP contribution in [-0.4, -0.2) is 0 Å². The van der Waals surface area contributed by atoms with Gasteiger partial charge in [-0.1, -0.05) is 18.7 Å². The highest BCUT2D eigenvalue weighted by Crippen LogP contribution is 2.03. The molecular weight excluding hydrogens is 174 g/mol. The minimum Gasteiger partial charge on any atom is -0.193 e. The zero-order valence-electron chi connectivity index (χ0n) is 7.44. The standard InChI is InChI=1S/C8H4N2.C3H3N/c9-5-7-3-1-2-4-8(7)6-10;1-2-3-4/h1-4H;2H,1H2. The first-order valence-electron chi connectivity index (χ1n) is 3.70. The average molecular weight is 181 g/mol. The molecule has 0 aliphatic rings. The van der Waals surface area contributed by atoms with E-state index >= 15 is 0 Å². The third-order valence-electron chi connectivity index (χ3n) is 1.26. The largest absolute Gasteiger partial charge is 0.193 e. The van der Waals surface area contributed by atoms with Crippen molar-refractivity contribution in [3.8, 4) is 18.2 Å². The van der Waals surface area contributed by atoms with Crippen LogP contribution in [0.1, 0.15) is 11.1 Å². The van der Waals surface area contributed by atoms with Crippen molar-refractivity contribution >= 4 is 0 Å². The predicted molar refractivity (Wildman–Crippen MR) is 51.7 cm³/mol. The Hall–Kier alpha value is -2.57. The van der Waals surface area contributed by atoms with Gasteiger partial charge in [-0.2, -0.15) is 15.8 Å². The molecule has 0 amide bonds. The van der Waals surface area contributed by atoms with Gasteiger partial charge in [-0.3, -0.25) is 0 Å². The quantitative estimate of drug-likeness (QED) is 0.575. The molecule has 0 unspecified atom stereocenters. The first-order valence-corrected chi connectivity index (χ1v) is 3.70. The smallest absolute Gasteiger partial charge is 0.101 e. The molecule has 0 aromatic heterocycles. The molecule has 66 valence electrons.